The third-order valence-corrected chi connectivity index (χ3v) is 6.51. The van der Waals surface area contributed by atoms with Crippen LogP contribution in [0.5, 0.6) is 5.75 Å². The molecule has 4 rings (SSSR count). The minimum absolute atomic E-state index is 0.0789. The highest BCUT2D eigenvalue weighted by atomic mass is 32.2. The Labute approximate surface area is 151 Å². The summed E-state index contributed by atoms with van der Waals surface area (Å²) >= 11 is 0. The van der Waals surface area contributed by atoms with Crippen molar-refractivity contribution in [3.63, 3.8) is 0 Å². The molecule has 2 aromatic heterocycles. The molecular weight excluding hydrogens is 354 g/mol. The molecule has 0 amide bonds. The van der Waals surface area contributed by atoms with Crippen molar-refractivity contribution >= 4 is 26.9 Å². The lowest BCUT2D eigenvalue weighted by Crippen LogP contribution is -2.22. The third-order valence-electron chi connectivity index (χ3n) is 4.87. The highest BCUT2D eigenvalue weighted by Gasteiger charge is 2.31. The van der Waals surface area contributed by atoms with Crippen molar-refractivity contribution in [1.29, 1.82) is 0 Å². The van der Waals surface area contributed by atoms with Crippen molar-refractivity contribution in [3.05, 3.63) is 30.5 Å². The molecule has 1 fully saturated rings. The van der Waals surface area contributed by atoms with Crippen molar-refractivity contribution < 1.29 is 13.2 Å². The molecule has 0 saturated heterocycles. The fraction of sp³-hybridized carbons (Fsp3) is 0.412. The van der Waals surface area contributed by atoms with Gasteiger partial charge in [-0.2, -0.15) is 4.98 Å². The Kier molecular flexibility index (Phi) is 4.10. The van der Waals surface area contributed by atoms with E-state index < -0.39 is 9.84 Å². The minimum Gasteiger partial charge on any atom is -0.497 e. The van der Waals surface area contributed by atoms with Crippen LogP contribution in [0.2, 0.25) is 0 Å². The number of anilines is 1. The monoisotopic (exact) mass is 375 g/mol. The zero-order valence-electron chi connectivity index (χ0n) is 14.6. The molecule has 0 radical (unpaired) electrons. The fourth-order valence-corrected chi connectivity index (χ4v) is 4.52. The average molecular weight is 375 g/mol. The number of benzene rings is 1. The van der Waals surface area contributed by atoms with Crippen LogP contribution in [-0.2, 0) is 9.84 Å². The lowest BCUT2D eigenvalue weighted by Gasteiger charge is -2.18. The first kappa shape index (κ1) is 16.9. The number of aromatic nitrogens is 4. The first-order chi connectivity index (χ1) is 12.4. The van der Waals surface area contributed by atoms with Gasteiger partial charge in [0, 0.05) is 12.3 Å². The van der Waals surface area contributed by atoms with Gasteiger partial charge in [-0.15, -0.1) is 0 Å². The summed E-state index contributed by atoms with van der Waals surface area (Å²) in [6.07, 6.45) is 5.12. The second-order valence-corrected chi connectivity index (χ2v) is 9.01. The quantitative estimate of drug-likeness (QED) is 0.708. The van der Waals surface area contributed by atoms with Gasteiger partial charge in [-0.3, -0.25) is 5.10 Å². The number of H-pyrrole nitrogens is 1. The molecule has 1 aliphatic carbocycles. The number of nitrogens with one attached hydrogen (secondary N) is 2. The first-order valence-electron chi connectivity index (χ1n) is 8.47. The Morgan fingerprint density at radius 3 is 2.69 bits per heavy atom. The summed E-state index contributed by atoms with van der Waals surface area (Å²) in [6.45, 7) is 0. The summed E-state index contributed by atoms with van der Waals surface area (Å²) in [5, 5.41) is 6.19. The van der Waals surface area contributed by atoms with E-state index in [0.29, 0.717) is 18.8 Å². The molecule has 26 heavy (non-hydrogen) atoms. The van der Waals surface area contributed by atoms with E-state index in [1.165, 1.54) is 6.26 Å². The summed E-state index contributed by atoms with van der Waals surface area (Å²) in [6, 6.07) is 7.74. The van der Waals surface area contributed by atoms with Gasteiger partial charge in [0.1, 0.15) is 21.1 Å². The standard InChI is InChI=1S/C17H21N5O3S/c1-25-13-6-4-12(5-7-13)22-16-15(21-22)10-18-17(20-16)19-11-3-8-14(9-11)26(2,23)24/h4-7,10-11,14,21H,3,8-9H2,1-2H3,(H,18,19,20). The molecule has 0 aliphatic heterocycles. The number of hydrogen-bond donors (Lipinski definition) is 2. The summed E-state index contributed by atoms with van der Waals surface area (Å²) in [5.74, 6) is 1.31. The lowest BCUT2D eigenvalue weighted by atomic mass is 10.2. The first-order valence-corrected chi connectivity index (χ1v) is 10.4. The van der Waals surface area contributed by atoms with E-state index >= 15 is 0 Å². The zero-order valence-corrected chi connectivity index (χ0v) is 15.5. The normalized spacial score (nSPS) is 20.5. The van der Waals surface area contributed by atoms with Crippen LogP contribution in [0.1, 0.15) is 19.3 Å². The molecule has 0 spiro atoms. The van der Waals surface area contributed by atoms with Crippen LogP contribution in [0.4, 0.5) is 5.95 Å². The maximum atomic E-state index is 11.7. The number of hydrogen-bond acceptors (Lipinski definition) is 6. The van der Waals surface area contributed by atoms with Crippen molar-refractivity contribution in [3.8, 4) is 11.4 Å². The lowest BCUT2D eigenvalue weighted by molar-refractivity contribution is 0.414. The van der Waals surface area contributed by atoms with Gasteiger partial charge in [-0.1, -0.05) is 0 Å². The molecule has 2 heterocycles. The molecule has 0 bridgehead atoms. The molecule has 9 heteroatoms. The molecule has 3 aromatic rings. The molecular formula is C17H21N5O3S. The molecule has 2 N–H and O–H groups in total. The second-order valence-electron chi connectivity index (χ2n) is 6.68. The van der Waals surface area contributed by atoms with Crippen molar-refractivity contribution in [2.45, 2.75) is 30.6 Å². The van der Waals surface area contributed by atoms with E-state index in [1.807, 2.05) is 28.9 Å². The molecule has 8 nitrogen and oxygen atoms in total. The second kappa shape index (κ2) is 6.31. The van der Waals surface area contributed by atoms with Crippen LogP contribution in [0.25, 0.3) is 16.9 Å². The van der Waals surface area contributed by atoms with E-state index in [0.717, 1.165) is 29.0 Å². The Morgan fingerprint density at radius 1 is 1.27 bits per heavy atom. The Morgan fingerprint density at radius 2 is 2.04 bits per heavy atom. The number of rotatable bonds is 5. The van der Waals surface area contributed by atoms with Crippen molar-refractivity contribution in [1.82, 2.24) is 19.7 Å². The highest BCUT2D eigenvalue weighted by molar-refractivity contribution is 7.91. The molecule has 2 unspecified atom stereocenters. The van der Waals surface area contributed by atoms with Crippen LogP contribution in [0.15, 0.2) is 30.5 Å². The Bertz CT molecular complexity index is 1020. The number of aromatic amines is 1. The molecule has 1 aliphatic rings. The summed E-state index contributed by atoms with van der Waals surface area (Å²) in [4.78, 5) is 8.89. The maximum Gasteiger partial charge on any atom is 0.225 e. The van der Waals surface area contributed by atoms with Gasteiger partial charge in [0.05, 0.1) is 24.2 Å². The SMILES string of the molecule is COc1ccc(-n2[nH]c3cnc(NC4CCC(S(C)(=O)=O)C4)nc32)cc1. The topological polar surface area (TPSA) is 102 Å². The molecule has 138 valence electrons. The summed E-state index contributed by atoms with van der Waals surface area (Å²) < 4.78 is 30.5. The number of fused-ring (bicyclic) bond motifs is 1. The Balaban J connectivity index is 1.53. The smallest absolute Gasteiger partial charge is 0.225 e. The molecule has 2 atom stereocenters. The van der Waals surface area contributed by atoms with Gasteiger partial charge >= 0.3 is 0 Å². The maximum absolute atomic E-state index is 11.7. The number of sulfone groups is 1. The van der Waals surface area contributed by atoms with Gasteiger partial charge in [0.25, 0.3) is 0 Å². The largest absolute Gasteiger partial charge is 0.497 e. The van der Waals surface area contributed by atoms with E-state index in [9.17, 15) is 8.42 Å². The zero-order chi connectivity index (χ0) is 18.3. The summed E-state index contributed by atoms with van der Waals surface area (Å²) in [7, 11) is -1.36. The van der Waals surface area contributed by atoms with Crippen LogP contribution < -0.4 is 10.1 Å². The van der Waals surface area contributed by atoms with Crippen molar-refractivity contribution in [2.75, 3.05) is 18.7 Å². The van der Waals surface area contributed by atoms with Crippen LogP contribution in [0, 0.1) is 0 Å². The van der Waals surface area contributed by atoms with Gasteiger partial charge in [-0.25, -0.2) is 18.1 Å². The predicted octanol–water partition coefficient (Wildman–Crippen LogP) is 2.13. The van der Waals surface area contributed by atoms with E-state index in [1.54, 1.807) is 13.3 Å². The predicted molar refractivity (Wildman–Crippen MR) is 99.7 cm³/mol. The molecule has 1 aromatic carbocycles. The van der Waals surface area contributed by atoms with Crippen LogP contribution >= 0.6 is 0 Å². The highest BCUT2D eigenvalue weighted by Crippen LogP contribution is 2.27. The minimum atomic E-state index is -2.99. The van der Waals surface area contributed by atoms with Crippen LogP contribution in [-0.4, -0.2) is 52.8 Å². The van der Waals surface area contributed by atoms with E-state index in [-0.39, 0.29) is 11.3 Å². The summed E-state index contributed by atoms with van der Waals surface area (Å²) in [5.41, 5.74) is 2.58. The van der Waals surface area contributed by atoms with Gasteiger partial charge in [0.15, 0.2) is 5.65 Å². The van der Waals surface area contributed by atoms with Gasteiger partial charge in [-0.05, 0) is 43.5 Å². The van der Waals surface area contributed by atoms with Gasteiger partial charge < -0.3 is 10.1 Å². The van der Waals surface area contributed by atoms with E-state index in [2.05, 4.69) is 20.4 Å². The third kappa shape index (κ3) is 3.14. The fourth-order valence-electron chi connectivity index (χ4n) is 3.37. The number of nitrogens with zero attached hydrogens (tertiary/aromatic N) is 3. The van der Waals surface area contributed by atoms with E-state index in [4.69, 9.17) is 4.74 Å². The molecule has 1 saturated carbocycles. The average Bonchev–Trinajstić information content (AvgIpc) is 3.07. The van der Waals surface area contributed by atoms with Crippen molar-refractivity contribution in [2.24, 2.45) is 0 Å². The van der Waals surface area contributed by atoms with Gasteiger partial charge in [0.2, 0.25) is 5.95 Å². The number of methoxy groups -OCH3 is 1. The van der Waals surface area contributed by atoms with Crippen LogP contribution in [0.3, 0.4) is 0 Å². The Hall–Kier alpha value is -2.55. The number of ether oxygens (including phenoxy) is 1.